The highest BCUT2D eigenvalue weighted by Crippen LogP contribution is 2.26. The molecule has 0 radical (unpaired) electrons. The Morgan fingerprint density at radius 2 is 1.61 bits per heavy atom. The lowest BCUT2D eigenvalue weighted by molar-refractivity contribution is 0.280. The van der Waals surface area contributed by atoms with Gasteiger partial charge in [0.25, 0.3) is 0 Å². The molecule has 0 amide bonds. The molecule has 0 spiro atoms. The lowest BCUT2D eigenvalue weighted by Crippen LogP contribution is -2.37. The highest BCUT2D eigenvalue weighted by atomic mass is 15.2. The van der Waals surface area contributed by atoms with Crippen LogP contribution in [0.1, 0.15) is 52.9 Å². The number of amidine groups is 1. The second kappa shape index (κ2) is 8.52. The molecule has 0 aliphatic heterocycles. The van der Waals surface area contributed by atoms with E-state index in [0.29, 0.717) is 5.92 Å². The van der Waals surface area contributed by atoms with Crippen LogP contribution >= 0.6 is 0 Å². The van der Waals surface area contributed by atoms with Gasteiger partial charge in [-0.15, -0.1) is 0 Å². The average molecular weight is 253 g/mol. The smallest absolute Gasteiger partial charge is 0.0989 e. The summed E-state index contributed by atoms with van der Waals surface area (Å²) in [7, 11) is 0. The molecule has 0 aromatic rings. The Bertz CT molecular complexity index is 230. The molecule has 1 N–H and O–H groups in total. The molecular formula is C15H31N3. The van der Waals surface area contributed by atoms with E-state index in [1.54, 1.807) is 0 Å². The van der Waals surface area contributed by atoms with Gasteiger partial charge in [-0.3, -0.25) is 5.41 Å². The van der Waals surface area contributed by atoms with Crippen molar-refractivity contribution < 1.29 is 0 Å². The van der Waals surface area contributed by atoms with Crippen molar-refractivity contribution in [1.29, 1.82) is 5.41 Å². The van der Waals surface area contributed by atoms with Crippen LogP contribution in [0.5, 0.6) is 0 Å². The molecule has 0 aromatic heterocycles. The first kappa shape index (κ1) is 15.5. The molecule has 1 aliphatic rings. The van der Waals surface area contributed by atoms with Gasteiger partial charge < -0.3 is 9.80 Å². The Hall–Kier alpha value is -0.570. The van der Waals surface area contributed by atoms with E-state index in [1.807, 2.05) is 0 Å². The zero-order valence-electron chi connectivity index (χ0n) is 12.5. The summed E-state index contributed by atoms with van der Waals surface area (Å²) in [5.41, 5.74) is 0. The van der Waals surface area contributed by atoms with Crippen LogP contribution in [-0.2, 0) is 0 Å². The fraction of sp³-hybridized carbons (Fsp3) is 0.933. The van der Waals surface area contributed by atoms with Crippen LogP contribution in [0.2, 0.25) is 0 Å². The minimum Gasteiger partial charge on any atom is -0.361 e. The average Bonchev–Trinajstić information content (AvgIpc) is 2.92. The van der Waals surface area contributed by atoms with E-state index < -0.39 is 0 Å². The summed E-state index contributed by atoms with van der Waals surface area (Å²) >= 11 is 0. The van der Waals surface area contributed by atoms with Crippen molar-refractivity contribution in [3.05, 3.63) is 0 Å². The summed E-state index contributed by atoms with van der Waals surface area (Å²) in [5.74, 6) is 1.47. The van der Waals surface area contributed by atoms with Crippen LogP contribution in [0.15, 0.2) is 0 Å². The molecule has 0 heterocycles. The monoisotopic (exact) mass is 253 g/mol. The van der Waals surface area contributed by atoms with E-state index >= 15 is 0 Å². The van der Waals surface area contributed by atoms with Crippen molar-refractivity contribution in [3.63, 3.8) is 0 Å². The fourth-order valence-corrected chi connectivity index (χ4v) is 2.93. The third kappa shape index (κ3) is 4.60. The van der Waals surface area contributed by atoms with E-state index in [4.69, 9.17) is 5.41 Å². The first-order chi connectivity index (χ1) is 8.72. The molecule has 18 heavy (non-hydrogen) atoms. The Balaban J connectivity index is 2.30. The maximum absolute atomic E-state index is 8.33. The predicted molar refractivity (Wildman–Crippen MR) is 79.3 cm³/mol. The van der Waals surface area contributed by atoms with Crippen molar-refractivity contribution in [2.45, 2.75) is 52.9 Å². The van der Waals surface area contributed by atoms with Gasteiger partial charge >= 0.3 is 0 Å². The molecule has 1 aliphatic carbocycles. The summed E-state index contributed by atoms with van der Waals surface area (Å²) in [4.78, 5) is 4.76. The summed E-state index contributed by atoms with van der Waals surface area (Å²) in [6, 6.07) is 0. The van der Waals surface area contributed by atoms with Gasteiger partial charge in [0.1, 0.15) is 0 Å². The molecule has 0 atom stereocenters. The minimum absolute atomic E-state index is 0.554. The lowest BCUT2D eigenvalue weighted by Gasteiger charge is -2.28. The lowest BCUT2D eigenvalue weighted by atomic mass is 10.1. The minimum atomic E-state index is 0.554. The predicted octanol–water partition coefficient (Wildman–Crippen LogP) is 3.21. The SMILES string of the molecule is CCN(CC)CCCN(CC)C(=N)C1CCCC1. The number of nitrogens with one attached hydrogen (secondary N) is 1. The molecule has 106 valence electrons. The summed E-state index contributed by atoms with van der Waals surface area (Å²) < 4.78 is 0. The van der Waals surface area contributed by atoms with Crippen molar-refractivity contribution in [1.82, 2.24) is 9.80 Å². The molecule has 0 aromatic carbocycles. The number of nitrogens with zero attached hydrogens (tertiary/aromatic N) is 2. The number of rotatable bonds is 8. The van der Waals surface area contributed by atoms with E-state index in [9.17, 15) is 0 Å². The third-order valence-corrected chi connectivity index (χ3v) is 4.26. The highest BCUT2D eigenvalue weighted by Gasteiger charge is 2.22. The molecule has 3 heteroatoms. The van der Waals surface area contributed by atoms with E-state index in [0.717, 1.165) is 32.0 Å². The van der Waals surface area contributed by atoms with Gasteiger partial charge in [-0.1, -0.05) is 26.7 Å². The number of hydrogen-bond donors (Lipinski definition) is 1. The molecule has 0 bridgehead atoms. The van der Waals surface area contributed by atoms with Gasteiger partial charge in [0.05, 0.1) is 5.84 Å². The molecular weight excluding hydrogens is 222 g/mol. The molecule has 1 saturated carbocycles. The summed E-state index contributed by atoms with van der Waals surface area (Å²) in [6.45, 7) is 12.1. The summed E-state index contributed by atoms with van der Waals surface area (Å²) in [5, 5.41) is 8.33. The van der Waals surface area contributed by atoms with Crippen LogP contribution in [0, 0.1) is 11.3 Å². The fourth-order valence-electron chi connectivity index (χ4n) is 2.93. The largest absolute Gasteiger partial charge is 0.361 e. The second-order valence-electron chi connectivity index (χ2n) is 5.33. The van der Waals surface area contributed by atoms with Crippen molar-refractivity contribution in [3.8, 4) is 0 Å². The van der Waals surface area contributed by atoms with Gasteiger partial charge in [-0.2, -0.15) is 0 Å². The van der Waals surface area contributed by atoms with Gasteiger partial charge in [-0.25, -0.2) is 0 Å². The van der Waals surface area contributed by atoms with Crippen LogP contribution in [0.25, 0.3) is 0 Å². The zero-order valence-corrected chi connectivity index (χ0v) is 12.5. The van der Waals surface area contributed by atoms with E-state index in [-0.39, 0.29) is 0 Å². The molecule has 0 saturated heterocycles. The van der Waals surface area contributed by atoms with Crippen LogP contribution < -0.4 is 0 Å². The van der Waals surface area contributed by atoms with E-state index in [1.165, 1.54) is 38.6 Å². The Kier molecular flexibility index (Phi) is 7.33. The quantitative estimate of drug-likeness (QED) is 0.532. The standard InChI is InChI=1S/C15H31N3/c1-4-17(5-2)12-9-13-18(6-3)15(16)14-10-7-8-11-14/h14,16H,4-13H2,1-3H3. The van der Waals surface area contributed by atoms with Crippen molar-refractivity contribution in [2.75, 3.05) is 32.7 Å². The maximum atomic E-state index is 8.33. The Morgan fingerprint density at radius 1 is 1.00 bits per heavy atom. The molecule has 1 rings (SSSR count). The van der Waals surface area contributed by atoms with Gasteiger partial charge in [0, 0.05) is 19.0 Å². The van der Waals surface area contributed by atoms with Gasteiger partial charge in [0.2, 0.25) is 0 Å². The van der Waals surface area contributed by atoms with Crippen LogP contribution in [-0.4, -0.2) is 48.4 Å². The first-order valence-electron chi connectivity index (χ1n) is 7.78. The van der Waals surface area contributed by atoms with E-state index in [2.05, 4.69) is 30.6 Å². The number of hydrogen-bond acceptors (Lipinski definition) is 2. The van der Waals surface area contributed by atoms with Crippen LogP contribution in [0.3, 0.4) is 0 Å². The van der Waals surface area contributed by atoms with Gasteiger partial charge in [0.15, 0.2) is 0 Å². The zero-order chi connectivity index (χ0) is 13.4. The Labute approximate surface area is 113 Å². The van der Waals surface area contributed by atoms with Crippen LogP contribution in [0.4, 0.5) is 0 Å². The normalized spacial score (nSPS) is 16.4. The maximum Gasteiger partial charge on any atom is 0.0989 e. The first-order valence-corrected chi connectivity index (χ1v) is 7.78. The second-order valence-corrected chi connectivity index (χ2v) is 5.33. The molecule has 3 nitrogen and oxygen atoms in total. The molecule has 0 unspecified atom stereocenters. The van der Waals surface area contributed by atoms with Gasteiger partial charge in [-0.05, 0) is 45.8 Å². The topological polar surface area (TPSA) is 30.3 Å². The summed E-state index contributed by atoms with van der Waals surface area (Å²) in [6.07, 6.45) is 6.31. The van der Waals surface area contributed by atoms with Crippen molar-refractivity contribution >= 4 is 5.84 Å². The highest BCUT2D eigenvalue weighted by molar-refractivity contribution is 5.81. The van der Waals surface area contributed by atoms with Crippen molar-refractivity contribution in [2.24, 2.45) is 5.92 Å². The molecule has 1 fully saturated rings. The Morgan fingerprint density at radius 3 is 2.11 bits per heavy atom. The third-order valence-electron chi connectivity index (χ3n) is 4.26.